The molecule has 5 atom stereocenters. The van der Waals surface area contributed by atoms with Gasteiger partial charge in [0, 0.05) is 0 Å². The third-order valence-corrected chi connectivity index (χ3v) is 2.65. The molecule has 68 valence electrons. The van der Waals surface area contributed by atoms with Gasteiger partial charge in [0.05, 0.1) is 6.10 Å². The van der Waals surface area contributed by atoms with Gasteiger partial charge in [-0.3, -0.25) is 0 Å². The van der Waals surface area contributed by atoms with Crippen LogP contribution in [-0.4, -0.2) is 45.3 Å². The molecule has 3 N–H and O–H groups in total. The van der Waals surface area contributed by atoms with Crippen molar-refractivity contribution in [3.63, 3.8) is 0 Å². The summed E-state index contributed by atoms with van der Waals surface area (Å²) >= 11 is 0. The summed E-state index contributed by atoms with van der Waals surface area (Å²) in [6.07, 6.45) is -0.816. The third kappa shape index (κ3) is 0.754. The van der Waals surface area contributed by atoms with E-state index in [4.69, 9.17) is 9.84 Å². The topological polar surface area (TPSA) is 69.9 Å². The summed E-state index contributed by atoms with van der Waals surface area (Å²) in [7, 11) is 0. The van der Waals surface area contributed by atoms with Crippen LogP contribution in [0.1, 0.15) is 6.42 Å². The average Bonchev–Trinajstić information content (AvgIpc) is 2.44. The van der Waals surface area contributed by atoms with Crippen molar-refractivity contribution in [1.29, 1.82) is 0 Å². The SMILES string of the molecule is C=CC[C@@H]1O[C@@H]2C(O)[C@]2(O)[C@H]1O. The number of fused-ring (bicyclic) bond motifs is 1. The Kier molecular flexibility index (Phi) is 1.56. The molecule has 1 aliphatic heterocycles. The smallest absolute Gasteiger partial charge is 0.150 e. The molecule has 0 aromatic carbocycles. The predicted octanol–water partition coefficient (Wildman–Crippen LogP) is -1.20. The maximum atomic E-state index is 9.54. The van der Waals surface area contributed by atoms with E-state index in [1.165, 1.54) is 0 Å². The van der Waals surface area contributed by atoms with Crippen molar-refractivity contribution in [3.8, 4) is 0 Å². The lowest BCUT2D eigenvalue weighted by molar-refractivity contribution is -0.0642. The minimum absolute atomic E-state index is 0.416. The van der Waals surface area contributed by atoms with Crippen molar-refractivity contribution < 1.29 is 20.1 Å². The van der Waals surface area contributed by atoms with Crippen molar-refractivity contribution in [3.05, 3.63) is 12.7 Å². The van der Waals surface area contributed by atoms with Crippen molar-refractivity contribution in [2.75, 3.05) is 0 Å². The lowest BCUT2D eigenvalue weighted by Gasteiger charge is -2.19. The minimum Gasteiger partial charge on any atom is -0.387 e. The van der Waals surface area contributed by atoms with Gasteiger partial charge in [-0.2, -0.15) is 0 Å². The van der Waals surface area contributed by atoms with E-state index in [1.54, 1.807) is 6.08 Å². The third-order valence-electron chi connectivity index (χ3n) is 2.65. The van der Waals surface area contributed by atoms with Gasteiger partial charge < -0.3 is 20.1 Å². The Hall–Kier alpha value is -0.420. The highest BCUT2D eigenvalue weighted by Crippen LogP contribution is 2.50. The fourth-order valence-electron chi connectivity index (χ4n) is 1.78. The molecule has 12 heavy (non-hydrogen) atoms. The monoisotopic (exact) mass is 172 g/mol. The second kappa shape index (κ2) is 2.29. The Morgan fingerprint density at radius 1 is 1.42 bits per heavy atom. The Labute approximate surface area is 70.1 Å². The lowest BCUT2D eigenvalue weighted by Crippen LogP contribution is -2.38. The van der Waals surface area contributed by atoms with Crippen molar-refractivity contribution in [2.45, 2.75) is 36.4 Å². The molecule has 1 aliphatic carbocycles. The number of aliphatic hydroxyl groups is 3. The van der Waals surface area contributed by atoms with Crippen LogP contribution in [0.5, 0.6) is 0 Å². The first-order chi connectivity index (χ1) is 5.62. The Bertz CT molecular complexity index is 217. The summed E-state index contributed by atoms with van der Waals surface area (Å²) in [5.74, 6) is 0. The van der Waals surface area contributed by atoms with Crippen LogP contribution in [0.15, 0.2) is 12.7 Å². The van der Waals surface area contributed by atoms with E-state index in [-0.39, 0.29) is 0 Å². The highest BCUT2D eigenvalue weighted by atomic mass is 16.6. The second-order valence-electron chi connectivity index (χ2n) is 3.40. The molecule has 2 fully saturated rings. The Balaban J connectivity index is 2.07. The fourth-order valence-corrected chi connectivity index (χ4v) is 1.78. The van der Waals surface area contributed by atoms with Crippen molar-refractivity contribution >= 4 is 0 Å². The number of hydrogen-bond donors (Lipinski definition) is 3. The lowest BCUT2D eigenvalue weighted by atomic mass is 10.1. The molecular weight excluding hydrogens is 160 g/mol. The predicted molar refractivity (Wildman–Crippen MR) is 40.4 cm³/mol. The largest absolute Gasteiger partial charge is 0.387 e. The molecule has 1 saturated carbocycles. The van der Waals surface area contributed by atoms with Gasteiger partial charge in [0.1, 0.15) is 23.9 Å². The Morgan fingerprint density at radius 2 is 2.08 bits per heavy atom. The molecule has 0 radical (unpaired) electrons. The zero-order valence-corrected chi connectivity index (χ0v) is 6.55. The van der Waals surface area contributed by atoms with E-state index in [0.717, 1.165) is 0 Å². The van der Waals surface area contributed by atoms with Crippen molar-refractivity contribution in [1.82, 2.24) is 0 Å². The first-order valence-corrected chi connectivity index (χ1v) is 3.97. The number of aliphatic hydroxyl groups excluding tert-OH is 2. The van der Waals surface area contributed by atoms with Crippen LogP contribution in [0.4, 0.5) is 0 Å². The Morgan fingerprint density at radius 3 is 2.50 bits per heavy atom. The molecule has 1 unspecified atom stereocenters. The molecule has 0 aromatic rings. The second-order valence-corrected chi connectivity index (χ2v) is 3.40. The van der Waals surface area contributed by atoms with E-state index < -0.39 is 30.0 Å². The van der Waals surface area contributed by atoms with Crippen LogP contribution >= 0.6 is 0 Å². The summed E-state index contributed by atoms with van der Waals surface area (Å²) < 4.78 is 5.18. The molecule has 0 aromatic heterocycles. The van der Waals surface area contributed by atoms with Gasteiger partial charge in [0.2, 0.25) is 0 Å². The summed E-state index contributed by atoms with van der Waals surface area (Å²) in [5, 5.41) is 28.1. The fraction of sp³-hybridized carbons (Fsp3) is 0.750. The van der Waals surface area contributed by atoms with Gasteiger partial charge >= 0.3 is 0 Å². The van der Waals surface area contributed by atoms with E-state index in [1.807, 2.05) is 0 Å². The molecule has 0 amide bonds. The van der Waals surface area contributed by atoms with Gasteiger partial charge in [-0.05, 0) is 6.42 Å². The van der Waals surface area contributed by atoms with E-state index in [2.05, 4.69) is 6.58 Å². The zero-order chi connectivity index (χ0) is 8.93. The van der Waals surface area contributed by atoms with Gasteiger partial charge in [-0.15, -0.1) is 6.58 Å². The normalized spacial score (nSPS) is 56.6. The molecule has 2 aliphatic rings. The number of rotatable bonds is 2. The summed E-state index contributed by atoms with van der Waals surface area (Å²) in [6, 6.07) is 0. The molecule has 2 rings (SSSR count). The van der Waals surface area contributed by atoms with Gasteiger partial charge in [0.25, 0.3) is 0 Å². The zero-order valence-electron chi connectivity index (χ0n) is 6.55. The molecule has 1 saturated heterocycles. The maximum absolute atomic E-state index is 9.54. The standard InChI is InChI=1S/C8H12O4/c1-2-3-4-5(9)8(11)6(10)7(8)12-4/h2,4-7,9-11H,1,3H2/t4-,5-,6?,7+,8+/m0/s1. The first kappa shape index (κ1) is 8.19. The van der Waals surface area contributed by atoms with Crippen LogP contribution in [0.3, 0.4) is 0 Å². The van der Waals surface area contributed by atoms with Gasteiger partial charge in [-0.1, -0.05) is 6.08 Å². The van der Waals surface area contributed by atoms with E-state index >= 15 is 0 Å². The van der Waals surface area contributed by atoms with Crippen LogP contribution in [0.25, 0.3) is 0 Å². The van der Waals surface area contributed by atoms with Crippen LogP contribution in [0.2, 0.25) is 0 Å². The molecule has 0 spiro atoms. The average molecular weight is 172 g/mol. The quantitative estimate of drug-likeness (QED) is 0.457. The first-order valence-electron chi connectivity index (χ1n) is 3.97. The van der Waals surface area contributed by atoms with Crippen LogP contribution in [-0.2, 0) is 4.74 Å². The minimum atomic E-state index is -1.41. The van der Waals surface area contributed by atoms with E-state index in [0.29, 0.717) is 6.42 Å². The highest BCUT2D eigenvalue weighted by molar-refractivity contribution is 5.25. The maximum Gasteiger partial charge on any atom is 0.150 e. The number of hydrogen-bond acceptors (Lipinski definition) is 4. The number of ether oxygens (including phenoxy) is 1. The van der Waals surface area contributed by atoms with E-state index in [9.17, 15) is 10.2 Å². The highest BCUT2D eigenvalue weighted by Gasteiger charge is 2.75. The summed E-state index contributed by atoms with van der Waals surface area (Å²) in [4.78, 5) is 0. The molecule has 4 nitrogen and oxygen atoms in total. The van der Waals surface area contributed by atoms with Crippen molar-refractivity contribution in [2.24, 2.45) is 0 Å². The molecule has 4 heteroatoms. The summed E-state index contributed by atoms with van der Waals surface area (Å²) in [5.41, 5.74) is -1.41. The molecule has 0 bridgehead atoms. The van der Waals surface area contributed by atoms with Gasteiger partial charge in [0.15, 0.2) is 0 Å². The molecular formula is C8H12O4. The molecule has 1 heterocycles. The van der Waals surface area contributed by atoms with Crippen LogP contribution < -0.4 is 0 Å². The van der Waals surface area contributed by atoms with Gasteiger partial charge in [-0.25, -0.2) is 0 Å². The van der Waals surface area contributed by atoms with Crippen LogP contribution in [0, 0.1) is 0 Å². The summed E-state index contributed by atoms with van der Waals surface area (Å²) in [6.45, 7) is 3.50.